The molecule has 0 aliphatic carbocycles. The monoisotopic (exact) mass is 216 g/mol. The SMILES string of the molecule is Cc1c(Cl)c(C(C)(C)O)nn1C(C)C. The number of aliphatic hydroxyl groups is 1. The minimum absolute atomic E-state index is 0.253. The van der Waals surface area contributed by atoms with Gasteiger partial charge in [-0.25, -0.2) is 0 Å². The lowest BCUT2D eigenvalue weighted by Crippen LogP contribution is -2.17. The topological polar surface area (TPSA) is 38.1 Å². The van der Waals surface area contributed by atoms with E-state index in [1.165, 1.54) is 0 Å². The van der Waals surface area contributed by atoms with E-state index in [-0.39, 0.29) is 6.04 Å². The number of halogens is 1. The molecule has 0 amide bonds. The van der Waals surface area contributed by atoms with Crippen molar-refractivity contribution in [3.63, 3.8) is 0 Å². The van der Waals surface area contributed by atoms with Gasteiger partial charge in [0.15, 0.2) is 0 Å². The predicted octanol–water partition coefficient (Wildman–Crippen LogP) is 2.65. The van der Waals surface area contributed by atoms with Crippen LogP contribution in [0.4, 0.5) is 0 Å². The largest absolute Gasteiger partial charge is 0.384 e. The first-order valence-corrected chi connectivity index (χ1v) is 5.10. The van der Waals surface area contributed by atoms with E-state index in [0.29, 0.717) is 10.7 Å². The van der Waals surface area contributed by atoms with Crippen LogP contribution in [-0.4, -0.2) is 14.9 Å². The molecule has 0 bridgehead atoms. The fourth-order valence-electron chi connectivity index (χ4n) is 1.39. The Kier molecular flexibility index (Phi) is 2.93. The zero-order chi connectivity index (χ0) is 11.1. The van der Waals surface area contributed by atoms with Crippen molar-refractivity contribution in [2.75, 3.05) is 0 Å². The molecule has 0 aliphatic rings. The third-order valence-corrected chi connectivity index (χ3v) is 2.60. The molecule has 0 atom stereocenters. The Balaban J connectivity index is 3.29. The molecular weight excluding hydrogens is 200 g/mol. The number of hydrogen-bond donors (Lipinski definition) is 1. The van der Waals surface area contributed by atoms with E-state index in [4.69, 9.17) is 11.6 Å². The maximum absolute atomic E-state index is 9.83. The van der Waals surface area contributed by atoms with Crippen LogP contribution in [0.5, 0.6) is 0 Å². The van der Waals surface area contributed by atoms with Crippen molar-refractivity contribution in [3.05, 3.63) is 16.4 Å². The highest BCUT2D eigenvalue weighted by Gasteiger charge is 2.26. The Morgan fingerprint density at radius 1 is 1.43 bits per heavy atom. The van der Waals surface area contributed by atoms with Crippen molar-refractivity contribution in [2.45, 2.75) is 46.3 Å². The molecule has 14 heavy (non-hydrogen) atoms. The summed E-state index contributed by atoms with van der Waals surface area (Å²) in [6.45, 7) is 9.34. The Morgan fingerprint density at radius 3 is 2.14 bits per heavy atom. The maximum atomic E-state index is 9.83. The van der Waals surface area contributed by atoms with Crippen LogP contribution < -0.4 is 0 Å². The fraction of sp³-hybridized carbons (Fsp3) is 0.700. The summed E-state index contributed by atoms with van der Waals surface area (Å²) < 4.78 is 1.83. The third kappa shape index (κ3) is 1.93. The highest BCUT2D eigenvalue weighted by atomic mass is 35.5. The van der Waals surface area contributed by atoms with Crippen LogP contribution >= 0.6 is 11.6 Å². The Labute approximate surface area is 89.7 Å². The minimum atomic E-state index is -0.984. The summed E-state index contributed by atoms with van der Waals surface area (Å²) in [5.41, 5.74) is 0.464. The van der Waals surface area contributed by atoms with Gasteiger partial charge in [-0.15, -0.1) is 0 Å². The molecule has 0 saturated heterocycles. The van der Waals surface area contributed by atoms with Crippen molar-refractivity contribution < 1.29 is 5.11 Å². The number of aromatic nitrogens is 2. The van der Waals surface area contributed by atoms with Gasteiger partial charge >= 0.3 is 0 Å². The van der Waals surface area contributed by atoms with Gasteiger partial charge in [-0.1, -0.05) is 11.6 Å². The molecule has 1 aromatic heterocycles. The first kappa shape index (κ1) is 11.5. The molecule has 1 aromatic rings. The second-order valence-electron chi connectivity index (χ2n) is 4.35. The van der Waals surface area contributed by atoms with Crippen molar-refractivity contribution in [1.82, 2.24) is 9.78 Å². The van der Waals surface area contributed by atoms with Gasteiger partial charge in [0.05, 0.1) is 10.7 Å². The standard InChI is InChI=1S/C10H17ClN2O/c1-6(2)13-7(3)8(11)9(12-13)10(4,5)14/h6,14H,1-5H3. The van der Waals surface area contributed by atoms with E-state index < -0.39 is 5.60 Å². The van der Waals surface area contributed by atoms with Gasteiger partial charge in [-0.05, 0) is 34.6 Å². The van der Waals surface area contributed by atoms with Gasteiger partial charge in [0.1, 0.15) is 11.3 Å². The summed E-state index contributed by atoms with van der Waals surface area (Å²) in [4.78, 5) is 0. The van der Waals surface area contributed by atoms with Crippen LogP contribution in [-0.2, 0) is 5.60 Å². The lowest BCUT2D eigenvalue weighted by molar-refractivity contribution is 0.0730. The highest BCUT2D eigenvalue weighted by molar-refractivity contribution is 6.32. The zero-order valence-electron chi connectivity index (χ0n) is 9.30. The molecule has 1 N–H and O–H groups in total. The van der Waals surface area contributed by atoms with Crippen LogP contribution in [0.3, 0.4) is 0 Å². The van der Waals surface area contributed by atoms with Crippen LogP contribution in [0.1, 0.15) is 45.1 Å². The van der Waals surface area contributed by atoms with Crippen LogP contribution in [0.2, 0.25) is 5.02 Å². The Hall–Kier alpha value is -0.540. The lowest BCUT2D eigenvalue weighted by atomic mass is 10.1. The minimum Gasteiger partial charge on any atom is -0.384 e. The first-order chi connectivity index (χ1) is 6.25. The molecule has 4 heteroatoms. The lowest BCUT2D eigenvalue weighted by Gasteiger charge is -2.14. The van der Waals surface area contributed by atoms with E-state index >= 15 is 0 Å². The summed E-state index contributed by atoms with van der Waals surface area (Å²) in [5, 5.41) is 14.7. The average Bonchev–Trinajstić information content (AvgIpc) is 2.28. The summed E-state index contributed by atoms with van der Waals surface area (Å²) >= 11 is 6.10. The molecule has 0 aromatic carbocycles. The maximum Gasteiger partial charge on any atom is 0.112 e. The van der Waals surface area contributed by atoms with Gasteiger partial charge in [-0.2, -0.15) is 5.10 Å². The fourth-order valence-corrected chi connectivity index (χ4v) is 1.75. The van der Waals surface area contributed by atoms with E-state index in [1.807, 2.05) is 25.5 Å². The van der Waals surface area contributed by atoms with Gasteiger partial charge in [0.25, 0.3) is 0 Å². The predicted molar refractivity (Wildman–Crippen MR) is 57.6 cm³/mol. The van der Waals surface area contributed by atoms with Gasteiger partial charge in [0, 0.05) is 6.04 Å². The molecule has 80 valence electrons. The number of nitrogens with zero attached hydrogens (tertiary/aromatic N) is 2. The van der Waals surface area contributed by atoms with Gasteiger partial charge < -0.3 is 5.11 Å². The molecule has 0 saturated carbocycles. The number of hydrogen-bond acceptors (Lipinski definition) is 2. The molecular formula is C10H17ClN2O. The summed E-state index contributed by atoms with van der Waals surface area (Å²) in [6.07, 6.45) is 0. The molecule has 0 aliphatic heterocycles. The molecule has 0 spiro atoms. The second-order valence-corrected chi connectivity index (χ2v) is 4.72. The summed E-state index contributed by atoms with van der Waals surface area (Å²) in [7, 11) is 0. The van der Waals surface area contributed by atoms with E-state index in [0.717, 1.165) is 5.69 Å². The zero-order valence-corrected chi connectivity index (χ0v) is 10.1. The quantitative estimate of drug-likeness (QED) is 0.826. The number of rotatable bonds is 2. The first-order valence-electron chi connectivity index (χ1n) is 4.72. The third-order valence-electron chi connectivity index (χ3n) is 2.15. The smallest absolute Gasteiger partial charge is 0.112 e. The average molecular weight is 217 g/mol. The van der Waals surface area contributed by atoms with E-state index in [1.54, 1.807) is 13.8 Å². The van der Waals surface area contributed by atoms with Crippen molar-refractivity contribution >= 4 is 11.6 Å². The highest BCUT2D eigenvalue weighted by Crippen LogP contribution is 2.30. The summed E-state index contributed by atoms with van der Waals surface area (Å²) in [6, 6.07) is 0.253. The molecule has 0 unspecified atom stereocenters. The van der Waals surface area contributed by atoms with Crippen molar-refractivity contribution in [3.8, 4) is 0 Å². The Bertz CT molecular complexity index is 337. The second kappa shape index (κ2) is 3.55. The summed E-state index contributed by atoms with van der Waals surface area (Å²) in [5.74, 6) is 0. The van der Waals surface area contributed by atoms with Crippen LogP contribution in [0.25, 0.3) is 0 Å². The molecule has 1 rings (SSSR count). The van der Waals surface area contributed by atoms with Crippen molar-refractivity contribution in [2.24, 2.45) is 0 Å². The van der Waals surface area contributed by atoms with Gasteiger partial charge in [0.2, 0.25) is 0 Å². The van der Waals surface area contributed by atoms with E-state index in [2.05, 4.69) is 5.10 Å². The van der Waals surface area contributed by atoms with Crippen molar-refractivity contribution in [1.29, 1.82) is 0 Å². The molecule has 0 radical (unpaired) electrons. The van der Waals surface area contributed by atoms with Crippen LogP contribution in [0, 0.1) is 6.92 Å². The van der Waals surface area contributed by atoms with Crippen LogP contribution in [0.15, 0.2) is 0 Å². The van der Waals surface area contributed by atoms with Gasteiger partial charge in [-0.3, -0.25) is 4.68 Å². The Morgan fingerprint density at radius 2 is 1.93 bits per heavy atom. The molecule has 0 fully saturated rings. The van der Waals surface area contributed by atoms with E-state index in [9.17, 15) is 5.11 Å². The molecule has 1 heterocycles. The molecule has 3 nitrogen and oxygen atoms in total. The normalized spacial score (nSPS) is 12.6.